The van der Waals surface area contributed by atoms with E-state index in [-0.39, 0.29) is 30.3 Å². The van der Waals surface area contributed by atoms with Crippen molar-refractivity contribution in [1.29, 1.82) is 0 Å². The third-order valence-electron chi connectivity index (χ3n) is 3.97. The van der Waals surface area contributed by atoms with E-state index in [1.807, 2.05) is 0 Å². The highest BCUT2D eigenvalue weighted by atomic mass is 35.5. The Morgan fingerprint density at radius 1 is 1.30 bits per heavy atom. The van der Waals surface area contributed by atoms with Crippen molar-refractivity contribution in [1.82, 2.24) is 15.5 Å². The van der Waals surface area contributed by atoms with Gasteiger partial charge >= 0.3 is 0 Å². The Morgan fingerprint density at radius 3 is 2.61 bits per heavy atom. The molecule has 0 spiro atoms. The van der Waals surface area contributed by atoms with E-state index in [0.717, 1.165) is 13.1 Å². The molecule has 0 aliphatic carbocycles. The molecular weight excluding hydrogens is 357 g/mol. The van der Waals surface area contributed by atoms with Crippen molar-refractivity contribution in [2.75, 3.05) is 31.3 Å². The summed E-state index contributed by atoms with van der Waals surface area (Å²) in [6.07, 6.45) is 0. The second-order valence-electron chi connectivity index (χ2n) is 5.57. The molecule has 2 heterocycles. The molecule has 2 aliphatic heterocycles. The van der Waals surface area contributed by atoms with Crippen LogP contribution in [0.1, 0.15) is 10.4 Å². The van der Waals surface area contributed by atoms with Crippen molar-refractivity contribution in [3.63, 3.8) is 0 Å². The van der Waals surface area contributed by atoms with Gasteiger partial charge in [0.15, 0.2) is 0 Å². The maximum absolute atomic E-state index is 12.6. The Labute approximate surface area is 150 Å². The van der Waals surface area contributed by atoms with Crippen molar-refractivity contribution in [2.24, 2.45) is 5.92 Å². The lowest BCUT2D eigenvalue weighted by Gasteiger charge is -2.29. The number of thioether (sulfide) groups is 1. The Kier molecular flexibility index (Phi) is 6.59. The zero-order chi connectivity index (χ0) is 15.5. The first-order chi connectivity index (χ1) is 10.6. The number of rotatable bonds is 4. The standard InChI is InChI=1S/C15H18ClN3O2S.ClH/c16-12-3-1-11(2-4-12)15(21)19-9-22-8-13(19)14(20)18-7-10-5-17-6-10;/h1-4,10,13,17H,5-9H2,(H,18,20);1H. The molecule has 1 aromatic rings. The van der Waals surface area contributed by atoms with Gasteiger partial charge in [0, 0.05) is 41.9 Å². The van der Waals surface area contributed by atoms with Crippen LogP contribution in [0.25, 0.3) is 0 Å². The van der Waals surface area contributed by atoms with Gasteiger partial charge in [-0.3, -0.25) is 9.59 Å². The quantitative estimate of drug-likeness (QED) is 0.839. The van der Waals surface area contributed by atoms with Crippen LogP contribution >= 0.6 is 35.8 Å². The third kappa shape index (κ3) is 4.32. The first-order valence-corrected chi connectivity index (χ1v) is 8.81. The first-order valence-electron chi connectivity index (χ1n) is 7.28. The summed E-state index contributed by atoms with van der Waals surface area (Å²) in [5.41, 5.74) is 0.563. The number of amides is 2. The molecule has 0 saturated carbocycles. The molecule has 23 heavy (non-hydrogen) atoms. The van der Waals surface area contributed by atoms with Gasteiger partial charge in [-0.25, -0.2) is 0 Å². The molecular formula is C15H19Cl2N3O2S. The molecule has 2 aliphatic rings. The van der Waals surface area contributed by atoms with Crippen LogP contribution < -0.4 is 10.6 Å². The molecule has 0 bridgehead atoms. The van der Waals surface area contributed by atoms with E-state index in [4.69, 9.17) is 11.6 Å². The second-order valence-corrected chi connectivity index (χ2v) is 7.00. The average molecular weight is 376 g/mol. The summed E-state index contributed by atoms with van der Waals surface area (Å²) in [5.74, 6) is 1.53. The molecule has 1 aromatic carbocycles. The maximum Gasteiger partial charge on any atom is 0.255 e. The summed E-state index contributed by atoms with van der Waals surface area (Å²) in [7, 11) is 0. The van der Waals surface area contributed by atoms with E-state index < -0.39 is 0 Å². The molecule has 1 atom stereocenters. The summed E-state index contributed by atoms with van der Waals surface area (Å²) >= 11 is 7.45. The van der Waals surface area contributed by atoms with Crippen LogP contribution in [0, 0.1) is 5.92 Å². The smallest absolute Gasteiger partial charge is 0.255 e. The third-order valence-corrected chi connectivity index (χ3v) is 5.23. The Morgan fingerprint density at radius 2 is 2.00 bits per heavy atom. The second kappa shape index (κ2) is 8.24. The van der Waals surface area contributed by atoms with Crippen LogP contribution in [0.15, 0.2) is 24.3 Å². The topological polar surface area (TPSA) is 61.4 Å². The molecule has 2 fully saturated rings. The maximum atomic E-state index is 12.6. The van der Waals surface area contributed by atoms with Gasteiger partial charge in [0.1, 0.15) is 6.04 Å². The normalized spacial score (nSPS) is 20.6. The number of benzene rings is 1. The van der Waals surface area contributed by atoms with Crippen molar-refractivity contribution in [3.8, 4) is 0 Å². The predicted octanol–water partition coefficient (Wildman–Crippen LogP) is 1.61. The summed E-state index contributed by atoms with van der Waals surface area (Å²) < 4.78 is 0. The monoisotopic (exact) mass is 375 g/mol. The molecule has 3 rings (SSSR count). The largest absolute Gasteiger partial charge is 0.354 e. The summed E-state index contributed by atoms with van der Waals surface area (Å²) in [5, 5.41) is 6.73. The fourth-order valence-electron chi connectivity index (χ4n) is 2.47. The van der Waals surface area contributed by atoms with E-state index >= 15 is 0 Å². The molecule has 0 aromatic heterocycles. The highest BCUT2D eigenvalue weighted by Crippen LogP contribution is 2.24. The number of hydrogen-bond donors (Lipinski definition) is 2. The number of hydrogen-bond acceptors (Lipinski definition) is 4. The van der Waals surface area contributed by atoms with E-state index in [1.54, 1.807) is 40.9 Å². The molecule has 8 heteroatoms. The Balaban J connectivity index is 0.00000192. The number of nitrogens with one attached hydrogen (secondary N) is 2. The minimum atomic E-state index is -0.388. The van der Waals surface area contributed by atoms with Crippen molar-refractivity contribution in [2.45, 2.75) is 6.04 Å². The Hall–Kier alpha value is -0.950. The molecule has 0 radical (unpaired) electrons. The van der Waals surface area contributed by atoms with E-state index in [9.17, 15) is 9.59 Å². The van der Waals surface area contributed by atoms with Gasteiger partial charge in [-0.05, 0) is 24.3 Å². The lowest BCUT2D eigenvalue weighted by atomic mass is 10.0. The number of carbonyl (C=O) groups is 2. The molecule has 2 N–H and O–H groups in total. The minimum Gasteiger partial charge on any atom is -0.354 e. The van der Waals surface area contributed by atoms with Crippen LogP contribution in [0.2, 0.25) is 5.02 Å². The molecule has 126 valence electrons. The molecule has 2 amide bonds. The lowest BCUT2D eigenvalue weighted by molar-refractivity contribution is -0.124. The van der Waals surface area contributed by atoms with Crippen molar-refractivity contribution >= 4 is 47.6 Å². The fourth-order valence-corrected chi connectivity index (χ4v) is 3.75. The van der Waals surface area contributed by atoms with Gasteiger partial charge in [0.25, 0.3) is 5.91 Å². The van der Waals surface area contributed by atoms with Gasteiger partial charge in [-0.1, -0.05) is 11.6 Å². The van der Waals surface area contributed by atoms with Gasteiger partial charge in [-0.15, -0.1) is 24.2 Å². The minimum absolute atomic E-state index is 0. The summed E-state index contributed by atoms with van der Waals surface area (Å²) in [4.78, 5) is 26.5. The van der Waals surface area contributed by atoms with E-state index in [2.05, 4.69) is 10.6 Å². The van der Waals surface area contributed by atoms with Crippen LogP contribution in [-0.2, 0) is 4.79 Å². The van der Waals surface area contributed by atoms with Gasteiger partial charge < -0.3 is 15.5 Å². The zero-order valence-electron chi connectivity index (χ0n) is 12.5. The Bertz CT molecular complexity index is 566. The number of nitrogens with zero attached hydrogens (tertiary/aromatic N) is 1. The highest BCUT2D eigenvalue weighted by molar-refractivity contribution is 7.99. The average Bonchev–Trinajstić information content (AvgIpc) is 2.95. The van der Waals surface area contributed by atoms with Crippen LogP contribution in [-0.4, -0.2) is 54.0 Å². The van der Waals surface area contributed by atoms with Crippen LogP contribution in [0.5, 0.6) is 0 Å². The predicted molar refractivity (Wildman–Crippen MR) is 95.4 cm³/mol. The van der Waals surface area contributed by atoms with Gasteiger partial charge in [-0.2, -0.15) is 0 Å². The summed E-state index contributed by atoms with van der Waals surface area (Å²) in [6.45, 7) is 2.58. The van der Waals surface area contributed by atoms with Crippen molar-refractivity contribution < 1.29 is 9.59 Å². The molecule has 2 saturated heterocycles. The highest BCUT2D eigenvalue weighted by Gasteiger charge is 2.35. The number of carbonyl (C=O) groups excluding carboxylic acids is 2. The molecule has 5 nitrogen and oxygen atoms in total. The van der Waals surface area contributed by atoms with Crippen molar-refractivity contribution in [3.05, 3.63) is 34.9 Å². The van der Waals surface area contributed by atoms with Crippen LogP contribution in [0.4, 0.5) is 0 Å². The van der Waals surface area contributed by atoms with Gasteiger partial charge in [0.05, 0.1) is 5.88 Å². The van der Waals surface area contributed by atoms with E-state index in [0.29, 0.717) is 34.7 Å². The van der Waals surface area contributed by atoms with E-state index in [1.165, 1.54) is 0 Å². The number of halogens is 2. The summed E-state index contributed by atoms with van der Waals surface area (Å²) in [6, 6.07) is 6.39. The fraction of sp³-hybridized carbons (Fsp3) is 0.467. The zero-order valence-corrected chi connectivity index (χ0v) is 14.8. The first kappa shape index (κ1) is 18.4. The van der Waals surface area contributed by atoms with Crippen LogP contribution in [0.3, 0.4) is 0 Å². The van der Waals surface area contributed by atoms with Gasteiger partial charge in [0.2, 0.25) is 5.91 Å². The molecule has 1 unspecified atom stereocenters. The lowest BCUT2D eigenvalue weighted by Crippen LogP contribution is -2.52. The SMILES string of the molecule is Cl.O=C(NCC1CNC1)C1CSCN1C(=O)c1ccc(Cl)cc1.